The third-order valence-electron chi connectivity index (χ3n) is 1.90. The molecule has 0 spiro atoms. The molecule has 0 unspecified atom stereocenters. The molecule has 1 aromatic rings. The van der Waals surface area contributed by atoms with Crippen LogP contribution in [0.4, 0.5) is 4.39 Å². The molecule has 0 saturated carbocycles. The molecule has 1 aromatic carbocycles. The maximum absolute atomic E-state index is 12.9. The standard InChI is InChI=1S/C9H5ClFNO2S/c10-9-12-5-8(15(9,13)14)6-2-1-3-7(11)4-6/h1-5H. The van der Waals surface area contributed by atoms with Crippen LogP contribution in [0.5, 0.6) is 0 Å². The predicted octanol–water partition coefficient (Wildman–Crippen LogP) is 2.15. The maximum Gasteiger partial charge on any atom is 0.237 e. The summed E-state index contributed by atoms with van der Waals surface area (Å²) in [5, 5.41) is 0. The minimum atomic E-state index is -3.73. The van der Waals surface area contributed by atoms with Crippen LogP contribution < -0.4 is 0 Å². The van der Waals surface area contributed by atoms with Crippen LogP contribution in [0.15, 0.2) is 35.5 Å². The van der Waals surface area contributed by atoms with E-state index in [1.165, 1.54) is 18.2 Å². The molecule has 0 amide bonds. The molecule has 6 heteroatoms. The van der Waals surface area contributed by atoms with Crippen molar-refractivity contribution in [3.8, 4) is 0 Å². The molecular formula is C9H5ClFNO2S. The highest BCUT2D eigenvalue weighted by molar-refractivity contribution is 8.17. The summed E-state index contributed by atoms with van der Waals surface area (Å²) in [6.07, 6.45) is 1.12. The summed E-state index contributed by atoms with van der Waals surface area (Å²) >= 11 is 5.40. The quantitative estimate of drug-likeness (QED) is 0.761. The molecule has 1 heterocycles. The topological polar surface area (TPSA) is 46.5 Å². The van der Waals surface area contributed by atoms with Crippen LogP contribution in [0.1, 0.15) is 5.56 Å². The van der Waals surface area contributed by atoms with Crippen LogP contribution in [0.3, 0.4) is 0 Å². The normalized spacial score (nSPS) is 18.5. The van der Waals surface area contributed by atoms with Crippen LogP contribution in [-0.4, -0.2) is 12.9 Å². The first-order valence-corrected chi connectivity index (χ1v) is 5.82. The van der Waals surface area contributed by atoms with Crippen LogP contribution in [0.25, 0.3) is 4.91 Å². The lowest BCUT2D eigenvalue weighted by Gasteiger charge is -2.01. The van der Waals surface area contributed by atoms with E-state index in [-0.39, 0.29) is 10.5 Å². The van der Waals surface area contributed by atoms with Gasteiger partial charge in [-0.05, 0) is 29.3 Å². The average molecular weight is 246 g/mol. The molecule has 0 atom stereocenters. The predicted molar refractivity (Wildman–Crippen MR) is 56.6 cm³/mol. The first-order chi connectivity index (χ1) is 7.01. The Hall–Kier alpha value is -1.20. The number of rotatable bonds is 1. The second kappa shape index (κ2) is 3.43. The van der Waals surface area contributed by atoms with Crippen molar-refractivity contribution in [2.24, 2.45) is 4.99 Å². The molecule has 1 aliphatic heterocycles. The van der Waals surface area contributed by atoms with Gasteiger partial charge in [-0.3, -0.25) is 0 Å². The van der Waals surface area contributed by atoms with Crippen LogP contribution >= 0.6 is 11.6 Å². The molecule has 0 fully saturated rings. The zero-order valence-electron chi connectivity index (χ0n) is 7.31. The minimum absolute atomic E-state index is 0.0769. The zero-order valence-corrected chi connectivity index (χ0v) is 8.89. The first-order valence-electron chi connectivity index (χ1n) is 3.96. The molecule has 0 bridgehead atoms. The van der Waals surface area contributed by atoms with Gasteiger partial charge in [0.05, 0.1) is 4.91 Å². The fraction of sp³-hybridized carbons (Fsp3) is 0. The van der Waals surface area contributed by atoms with Gasteiger partial charge >= 0.3 is 0 Å². The molecule has 0 aromatic heterocycles. The van der Waals surface area contributed by atoms with E-state index in [9.17, 15) is 12.8 Å². The summed E-state index contributed by atoms with van der Waals surface area (Å²) < 4.78 is 35.5. The zero-order chi connectivity index (χ0) is 11.1. The van der Waals surface area contributed by atoms with E-state index in [0.717, 1.165) is 12.3 Å². The Morgan fingerprint density at radius 1 is 1.33 bits per heavy atom. The van der Waals surface area contributed by atoms with E-state index in [1.54, 1.807) is 0 Å². The lowest BCUT2D eigenvalue weighted by molar-refractivity contribution is 0.617. The summed E-state index contributed by atoms with van der Waals surface area (Å²) in [5.74, 6) is -0.508. The van der Waals surface area contributed by atoms with Gasteiger partial charge in [0.1, 0.15) is 5.82 Å². The van der Waals surface area contributed by atoms with Crippen LogP contribution in [0, 0.1) is 5.82 Å². The fourth-order valence-electron chi connectivity index (χ4n) is 1.21. The Bertz CT molecular complexity index is 578. The molecular weight excluding hydrogens is 241 g/mol. The molecule has 0 aliphatic carbocycles. The number of sulfone groups is 1. The van der Waals surface area contributed by atoms with Gasteiger partial charge in [-0.1, -0.05) is 12.1 Å². The maximum atomic E-state index is 12.9. The van der Waals surface area contributed by atoms with Crippen molar-refractivity contribution in [3.05, 3.63) is 41.8 Å². The summed E-state index contributed by atoms with van der Waals surface area (Å²) in [6.45, 7) is 0. The molecule has 78 valence electrons. The third-order valence-corrected chi connectivity index (χ3v) is 4.08. The van der Waals surface area contributed by atoms with E-state index >= 15 is 0 Å². The minimum Gasteiger partial charge on any atom is -0.232 e. The highest BCUT2D eigenvalue weighted by Gasteiger charge is 2.29. The summed E-state index contributed by atoms with van der Waals surface area (Å²) in [6, 6.07) is 5.26. The van der Waals surface area contributed by atoms with E-state index in [4.69, 9.17) is 11.6 Å². The Kier molecular flexibility index (Phi) is 2.36. The Labute approximate surface area is 90.8 Å². The Morgan fingerprint density at radius 2 is 2.07 bits per heavy atom. The van der Waals surface area contributed by atoms with Gasteiger partial charge in [-0.15, -0.1) is 0 Å². The van der Waals surface area contributed by atoms with Gasteiger partial charge in [0.25, 0.3) is 0 Å². The number of hydrogen-bond donors (Lipinski definition) is 0. The summed E-state index contributed by atoms with van der Waals surface area (Å²) in [7, 11) is -3.73. The van der Waals surface area contributed by atoms with Crippen molar-refractivity contribution < 1.29 is 12.8 Å². The van der Waals surface area contributed by atoms with Crippen molar-refractivity contribution in [3.63, 3.8) is 0 Å². The number of nitrogens with zero attached hydrogens (tertiary/aromatic N) is 1. The second-order valence-electron chi connectivity index (χ2n) is 2.89. The molecule has 3 nitrogen and oxygen atoms in total. The van der Waals surface area contributed by atoms with E-state index in [2.05, 4.69) is 4.99 Å². The van der Waals surface area contributed by atoms with Crippen molar-refractivity contribution in [1.29, 1.82) is 0 Å². The van der Waals surface area contributed by atoms with Crippen molar-refractivity contribution in [1.82, 2.24) is 0 Å². The lowest BCUT2D eigenvalue weighted by Crippen LogP contribution is -2.06. The third kappa shape index (κ3) is 1.68. The second-order valence-corrected chi connectivity index (χ2v) is 5.30. The number of hydrogen-bond acceptors (Lipinski definition) is 3. The first kappa shape index (κ1) is 10.3. The molecule has 0 radical (unpaired) electrons. The smallest absolute Gasteiger partial charge is 0.232 e. The number of halogens is 2. The molecule has 15 heavy (non-hydrogen) atoms. The molecule has 0 saturated heterocycles. The van der Waals surface area contributed by atoms with Gasteiger partial charge in [-0.2, -0.15) is 0 Å². The molecule has 0 N–H and O–H groups in total. The number of aliphatic imine (C=N–C) groups is 1. The van der Waals surface area contributed by atoms with Crippen LogP contribution in [-0.2, 0) is 9.84 Å². The fourth-order valence-corrected chi connectivity index (χ4v) is 2.51. The average Bonchev–Trinajstić information content (AvgIpc) is 2.42. The highest BCUT2D eigenvalue weighted by atomic mass is 35.5. The lowest BCUT2D eigenvalue weighted by atomic mass is 10.2. The highest BCUT2D eigenvalue weighted by Crippen LogP contribution is 2.28. The van der Waals surface area contributed by atoms with Gasteiger partial charge in [0.15, 0.2) is 0 Å². The van der Waals surface area contributed by atoms with Crippen molar-refractivity contribution in [2.75, 3.05) is 0 Å². The number of benzene rings is 1. The van der Waals surface area contributed by atoms with Gasteiger partial charge in [-0.25, -0.2) is 17.8 Å². The van der Waals surface area contributed by atoms with Crippen LogP contribution in [0.2, 0.25) is 0 Å². The summed E-state index contributed by atoms with van der Waals surface area (Å²) in [5.41, 5.74) is 0.245. The Balaban J connectivity index is 2.54. The Morgan fingerprint density at radius 3 is 2.60 bits per heavy atom. The van der Waals surface area contributed by atoms with Crippen molar-refractivity contribution in [2.45, 2.75) is 0 Å². The molecule has 1 aliphatic rings. The van der Waals surface area contributed by atoms with E-state index in [1.807, 2.05) is 0 Å². The van der Waals surface area contributed by atoms with E-state index in [0.29, 0.717) is 0 Å². The van der Waals surface area contributed by atoms with Gasteiger partial charge in [0.2, 0.25) is 14.3 Å². The van der Waals surface area contributed by atoms with Gasteiger partial charge in [0, 0.05) is 6.20 Å². The SMILES string of the molecule is O=S1(=O)C(c2cccc(F)c2)=CN=C1Cl. The summed E-state index contributed by atoms with van der Waals surface area (Å²) in [4.78, 5) is 3.41. The van der Waals surface area contributed by atoms with Crippen molar-refractivity contribution >= 4 is 30.8 Å². The largest absolute Gasteiger partial charge is 0.237 e. The molecule has 2 rings (SSSR count). The van der Waals surface area contributed by atoms with Gasteiger partial charge < -0.3 is 0 Å². The monoisotopic (exact) mass is 245 g/mol. The van der Waals surface area contributed by atoms with E-state index < -0.39 is 20.2 Å².